The first-order valence-electron chi connectivity index (χ1n) is 5.56. The fraction of sp³-hybridized carbons (Fsp3) is 0.385. The highest BCUT2D eigenvalue weighted by Crippen LogP contribution is 2.17. The number of carbonyl (C=O) groups is 2. The van der Waals surface area contributed by atoms with Gasteiger partial charge in [-0.15, -0.1) is 0 Å². The number of benzene rings is 1. The third-order valence-corrected chi connectivity index (χ3v) is 2.44. The largest absolute Gasteiger partial charge is 0.375 e. The molecule has 0 bridgehead atoms. The summed E-state index contributed by atoms with van der Waals surface area (Å²) in [5.74, 6) is -0.340. The van der Waals surface area contributed by atoms with Crippen LogP contribution in [0.15, 0.2) is 18.2 Å². The number of aryl methyl sites for hydroxylation is 1. The zero-order valence-corrected chi connectivity index (χ0v) is 11.1. The van der Waals surface area contributed by atoms with Crippen LogP contribution >= 0.6 is 0 Å². The van der Waals surface area contributed by atoms with Crippen LogP contribution in [0, 0.1) is 6.92 Å². The molecule has 0 aliphatic heterocycles. The molecule has 0 radical (unpaired) electrons. The summed E-state index contributed by atoms with van der Waals surface area (Å²) in [6.45, 7) is 1.86. The van der Waals surface area contributed by atoms with E-state index in [-0.39, 0.29) is 18.4 Å². The summed E-state index contributed by atoms with van der Waals surface area (Å²) in [5, 5.41) is 2.71. The van der Waals surface area contributed by atoms with Gasteiger partial charge in [-0.1, -0.05) is 6.07 Å². The molecule has 18 heavy (non-hydrogen) atoms. The number of carbonyl (C=O) groups excluding carboxylic acids is 2. The van der Waals surface area contributed by atoms with Crippen LogP contribution in [0.2, 0.25) is 0 Å². The van der Waals surface area contributed by atoms with Crippen LogP contribution in [0.1, 0.15) is 15.9 Å². The highest BCUT2D eigenvalue weighted by Gasteiger charge is 2.11. The van der Waals surface area contributed by atoms with Crippen molar-refractivity contribution < 1.29 is 14.3 Å². The van der Waals surface area contributed by atoms with Gasteiger partial charge in [0, 0.05) is 32.5 Å². The Labute approximate surface area is 107 Å². The highest BCUT2D eigenvalue weighted by atomic mass is 16.5. The first-order chi connectivity index (χ1) is 8.45. The van der Waals surface area contributed by atoms with E-state index in [0.29, 0.717) is 11.3 Å². The molecule has 0 aliphatic carbocycles. The van der Waals surface area contributed by atoms with Gasteiger partial charge >= 0.3 is 0 Å². The standard InChI is InChI=1S/C13H18N2O3/c1-9-5-6-10(13(17)15(2)3)7-11(9)14-12(16)8-18-4/h5-7H,8H2,1-4H3,(H,14,16). The van der Waals surface area contributed by atoms with E-state index in [9.17, 15) is 9.59 Å². The fourth-order valence-corrected chi connectivity index (χ4v) is 1.47. The van der Waals surface area contributed by atoms with E-state index in [1.807, 2.05) is 6.92 Å². The number of nitrogens with zero attached hydrogens (tertiary/aromatic N) is 1. The maximum atomic E-state index is 11.8. The predicted octanol–water partition coefficient (Wildman–Crippen LogP) is 1.28. The van der Waals surface area contributed by atoms with Crippen molar-refractivity contribution in [3.63, 3.8) is 0 Å². The van der Waals surface area contributed by atoms with Gasteiger partial charge in [-0.05, 0) is 24.6 Å². The molecule has 0 atom stereocenters. The van der Waals surface area contributed by atoms with Gasteiger partial charge in [0.15, 0.2) is 0 Å². The molecule has 1 N–H and O–H groups in total. The summed E-state index contributed by atoms with van der Waals surface area (Å²) < 4.78 is 4.74. The van der Waals surface area contributed by atoms with Gasteiger partial charge in [-0.2, -0.15) is 0 Å². The van der Waals surface area contributed by atoms with Crippen molar-refractivity contribution in [3.8, 4) is 0 Å². The Morgan fingerprint density at radius 1 is 1.33 bits per heavy atom. The minimum absolute atomic E-state index is 0.00864. The van der Waals surface area contributed by atoms with Crippen molar-refractivity contribution in [2.75, 3.05) is 33.1 Å². The van der Waals surface area contributed by atoms with E-state index >= 15 is 0 Å². The van der Waals surface area contributed by atoms with E-state index in [4.69, 9.17) is 4.74 Å². The molecule has 0 saturated carbocycles. The average molecular weight is 250 g/mol. The smallest absolute Gasteiger partial charge is 0.253 e. The third-order valence-electron chi connectivity index (χ3n) is 2.44. The predicted molar refractivity (Wildman–Crippen MR) is 69.7 cm³/mol. The van der Waals surface area contributed by atoms with Gasteiger partial charge in [0.2, 0.25) is 5.91 Å². The molecule has 1 aromatic rings. The quantitative estimate of drug-likeness (QED) is 0.875. The SMILES string of the molecule is COCC(=O)Nc1cc(C(=O)N(C)C)ccc1C. The van der Waals surface area contributed by atoms with E-state index in [2.05, 4.69) is 5.32 Å². The van der Waals surface area contributed by atoms with Crippen molar-refractivity contribution in [2.45, 2.75) is 6.92 Å². The molecule has 2 amide bonds. The second-order valence-electron chi connectivity index (χ2n) is 4.21. The molecule has 1 rings (SSSR count). The van der Waals surface area contributed by atoms with E-state index in [1.165, 1.54) is 12.0 Å². The highest BCUT2D eigenvalue weighted by molar-refractivity contribution is 5.97. The summed E-state index contributed by atoms with van der Waals surface area (Å²) >= 11 is 0. The first-order valence-corrected chi connectivity index (χ1v) is 5.56. The van der Waals surface area contributed by atoms with Crippen molar-refractivity contribution >= 4 is 17.5 Å². The Bertz CT molecular complexity index is 456. The lowest BCUT2D eigenvalue weighted by atomic mass is 10.1. The molecule has 5 heteroatoms. The molecule has 0 fully saturated rings. The summed E-state index contributed by atoms with van der Waals surface area (Å²) in [4.78, 5) is 24.7. The van der Waals surface area contributed by atoms with Crippen molar-refractivity contribution in [2.24, 2.45) is 0 Å². The Hall–Kier alpha value is -1.88. The second-order valence-corrected chi connectivity index (χ2v) is 4.21. The molecule has 0 heterocycles. The number of amides is 2. The summed E-state index contributed by atoms with van der Waals surface area (Å²) in [5.41, 5.74) is 2.07. The Morgan fingerprint density at radius 2 is 2.00 bits per heavy atom. The van der Waals surface area contributed by atoms with Crippen LogP contribution in [-0.2, 0) is 9.53 Å². The molecule has 0 aliphatic rings. The number of methoxy groups -OCH3 is 1. The normalized spacial score (nSPS) is 10.0. The minimum atomic E-state index is -0.241. The average Bonchev–Trinajstić information content (AvgIpc) is 2.31. The van der Waals surface area contributed by atoms with Crippen LogP contribution in [0.4, 0.5) is 5.69 Å². The van der Waals surface area contributed by atoms with Crippen LogP contribution in [0.3, 0.4) is 0 Å². The van der Waals surface area contributed by atoms with Crippen molar-refractivity contribution in [3.05, 3.63) is 29.3 Å². The summed E-state index contributed by atoms with van der Waals surface area (Å²) in [6, 6.07) is 5.22. The van der Waals surface area contributed by atoms with Crippen molar-refractivity contribution in [1.82, 2.24) is 4.90 Å². The van der Waals surface area contributed by atoms with Gasteiger partial charge in [-0.25, -0.2) is 0 Å². The maximum Gasteiger partial charge on any atom is 0.253 e. The molecule has 5 nitrogen and oxygen atoms in total. The third kappa shape index (κ3) is 3.56. The lowest BCUT2D eigenvalue weighted by Gasteiger charge is -2.13. The molecular weight excluding hydrogens is 232 g/mol. The number of rotatable bonds is 4. The minimum Gasteiger partial charge on any atom is -0.375 e. The van der Waals surface area contributed by atoms with Crippen LogP contribution in [0.5, 0.6) is 0 Å². The molecule has 0 unspecified atom stereocenters. The van der Waals surface area contributed by atoms with Crippen LogP contribution in [-0.4, -0.2) is 44.5 Å². The van der Waals surface area contributed by atoms with Gasteiger partial charge < -0.3 is 15.0 Å². The van der Waals surface area contributed by atoms with Gasteiger partial charge in [0.05, 0.1) is 0 Å². The number of ether oxygens (including phenoxy) is 1. The number of nitrogens with one attached hydrogen (secondary N) is 1. The molecule has 0 spiro atoms. The lowest BCUT2D eigenvalue weighted by Crippen LogP contribution is -2.22. The van der Waals surface area contributed by atoms with E-state index in [1.54, 1.807) is 32.3 Å². The fourth-order valence-electron chi connectivity index (χ4n) is 1.47. The number of hydrogen-bond acceptors (Lipinski definition) is 3. The molecular formula is C13H18N2O3. The molecule has 0 aromatic heterocycles. The zero-order valence-electron chi connectivity index (χ0n) is 11.1. The second kappa shape index (κ2) is 6.16. The van der Waals surface area contributed by atoms with Gasteiger partial charge in [0.25, 0.3) is 5.91 Å². The van der Waals surface area contributed by atoms with Crippen LogP contribution in [0.25, 0.3) is 0 Å². The Balaban J connectivity index is 2.94. The monoisotopic (exact) mass is 250 g/mol. The zero-order chi connectivity index (χ0) is 13.7. The maximum absolute atomic E-state index is 11.8. The molecule has 98 valence electrons. The molecule has 0 saturated heterocycles. The number of anilines is 1. The van der Waals surface area contributed by atoms with Gasteiger partial charge in [-0.3, -0.25) is 9.59 Å². The topological polar surface area (TPSA) is 58.6 Å². The molecule has 1 aromatic carbocycles. The van der Waals surface area contributed by atoms with E-state index < -0.39 is 0 Å². The summed E-state index contributed by atoms with van der Waals surface area (Å²) in [6.07, 6.45) is 0. The van der Waals surface area contributed by atoms with Crippen LogP contribution < -0.4 is 5.32 Å². The van der Waals surface area contributed by atoms with Crippen molar-refractivity contribution in [1.29, 1.82) is 0 Å². The Kier molecular flexibility index (Phi) is 4.85. The Morgan fingerprint density at radius 3 is 2.56 bits per heavy atom. The lowest BCUT2D eigenvalue weighted by molar-refractivity contribution is -0.119. The van der Waals surface area contributed by atoms with E-state index in [0.717, 1.165) is 5.56 Å². The summed E-state index contributed by atoms with van der Waals surface area (Å²) in [7, 11) is 4.83. The number of hydrogen-bond donors (Lipinski definition) is 1. The van der Waals surface area contributed by atoms with Gasteiger partial charge in [0.1, 0.15) is 6.61 Å². The first kappa shape index (κ1) is 14.2.